The van der Waals surface area contributed by atoms with E-state index >= 15 is 0 Å². The van der Waals surface area contributed by atoms with Gasteiger partial charge in [-0.15, -0.1) is 0 Å². The van der Waals surface area contributed by atoms with Crippen molar-refractivity contribution in [2.24, 2.45) is 5.92 Å². The van der Waals surface area contributed by atoms with E-state index in [1.807, 2.05) is 0 Å². The van der Waals surface area contributed by atoms with E-state index in [4.69, 9.17) is 9.47 Å². The molecule has 1 saturated carbocycles. The number of rotatable bonds is 6. The standard InChI is InChI=1S/C14H21NO5S/c1-9-4-11(5-9)15-21(17,18)12-6-10(8-16)14(20-3)13(7-12)19-2/h6-7,9,11,15-16H,4-5,8H2,1-3H3. The van der Waals surface area contributed by atoms with E-state index in [0.717, 1.165) is 12.8 Å². The third-order valence-electron chi connectivity index (χ3n) is 3.71. The normalized spacial score (nSPS) is 21.7. The molecule has 1 aromatic carbocycles. The monoisotopic (exact) mass is 315 g/mol. The Balaban J connectivity index is 2.34. The average molecular weight is 315 g/mol. The minimum Gasteiger partial charge on any atom is -0.493 e. The lowest BCUT2D eigenvalue weighted by atomic mass is 9.83. The minimum atomic E-state index is -3.63. The van der Waals surface area contributed by atoms with E-state index in [2.05, 4.69) is 11.6 Å². The third kappa shape index (κ3) is 3.30. The van der Waals surface area contributed by atoms with Gasteiger partial charge in [0, 0.05) is 17.7 Å². The van der Waals surface area contributed by atoms with Gasteiger partial charge in [-0.05, 0) is 24.8 Å². The van der Waals surface area contributed by atoms with Crippen LogP contribution in [0.2, 0.25) is 0 Å². The molecule has 1 aliphatic rings. The van der Waals surface area contributed by atoms with Gasteiger partial charge in [-0.2, -0.15) is 0 Å². The number of ether oxygens (including phenoxy) is 2. The van der Waals surface area contributed by atoms with Crippen molar-refractivity contribution < 1.29 is 23.0 Å². The molecule has 2 N–H and O–H groups in total. The highest BCUT2D eigenvalue weighted by Gasteiger charge is 2.30. The molecule has 0 radical (unpaired) electrons. The number of nitrogens with one attached hydrogen (secondary N) is 1. The van der Waals surface area contributed by atoms with Crippen LogP contribution in [-0.4, -0.2) is 33.8 Å². The Morgan fingerprint density at radius 3 is 2.43 bits per heavy atom. The summed E-state index contributed by atoms with van der Waals surface area (Å²) >= 11 is 0. The molecule has 0 bridgehead atoms. The van der Waals surface area contributed by atoms with Gasteiger partial charge in [0.05, 0.1) is 25.7 Å². The van der Waals surface area contributed by atoms with Crippen molar-refractivity contribution in [1.82, 2.24) is 4.72 Å². The summed E-state index contributed by atoms with van der Waals surface area (Å²) in [5, 5.41) is 9.38. The van der Waals surface area contributed by atoms with E-state index in [1.165, 1.54) is 26.4 Å². The molecule has 21 heavy (non-hydrogen) atoms. The van der Waals surface area contributed by atoms with E-state index in [9.17, 15) is 13.5 Å². The molecule has 118 valence electrons. The molecule has 0 aliphatic heterocycles. The zero-order chi connectivity index (χ0) is 15.6. The van der Waals surface area contributed by atoms with Gasteiger partial charge in [-0.3, -0.25) is 0 Å². The third-order valence-corrected chi connectivity index (χ3v) is 5.21. The summed E-state index contributed by atoms with van der Waals surface area (Å²) < 4.78 is 37.8. The van der Waals surface area contributed by atoms with Crippen LogP contribution in [0, 0.1) is 5.92 Å². The van der Waals surface area contributed by atoms with Gasteiger partial charge in [-0.25, -0.2) is 13.1 Å². The lowest BCUT2D eigenvalue weighted by molar-refractivity contribution is 0.268. The highest BCUT2D eigenvalue weighted by Crippen LogP contribution is 2.35. The van der Waals surface area contributed by atoms with Crippen molar-refractivity contribution >= 4 is 10.0 Å². The Morgan fingerprint density at radius 2 is 1.95 bits per heavy atom. The maximum Gasteiger partial charge on any atom is 0.240 e. The highest BCUT2D eigenvalue weighted by atomic mass is 32.2. The lowest BCUT2D eigenvalue weighted by Gasteiger charge is -2.33. The van der Waals surface area contributed by atoms with Crippen LogP contribution < -0.4 is 14.2 Å². The first kappa shape index (κ1) is 16.1. The number of sulfonamides is 1. The molecule has 0 saturated heterocycles. The Kier molecular flexibility index (Phi) is 4.75. The molecule has 1 aliphatic carbocycles. The van der Waals surface area contributed by atoms with Crippen LogP contribution in [0.5, 0.6) is 11.5 Å². The Bertz CT molecular complexity index is 583. The molecule has 0 unspecified atom stereocenters. The molecule has 0 amide bonds. The lowest BCUT2D eigenvalue weighted by Crippen LogP contribution is -2.43. The number of hydrogen-bond donors (Lipinski definition) is 2. The highest BCUT2D eigenvalue weighted by molar-refractivity contribution is 7.89. The fourth-order valence-electron chi connectivity index (χ4n) is 2.57. The fraction of sp³-hybridized carbons (Fsp3) is 0.571. The van der Waals surface area contributed by atoms with Crippen LogP contribution in [0.1, 0.15) is 25.3 Å². The van der Waals surface area contributed by atoms with E-state index in [1.54, 1.807) is 0 Å². The fourth-order valence-corrected chi connectivity index (χ4v) is 3.90. The molecule has 1 fully saturated rings. The van der Waals surface area contributed by atoms with Crippen LogP contribution in [0.25, 0.3) is 0 Å². The van der Waals surface area contributed by atoms with Crippen molar-refractivity contribution in [2.75, 3.05) is 14.2 Å². The first-order chi connectivity index (χ1) is 9.91. The number of aliphatic hydroxyl groups excluding tert-OH is 1. The van der Waals surface area contributed by atoms with Crippen molar-refractivity contribution in [1.29, 1.82) is 0 Å². The van der Waals surface area contributed by atoms with Crippen LogP contribution in [0.15, 0.2) is 17.0 Å². The summed E-state index contributed by atoms with van der Waals surface area (Å²) in [7, 11) is -0.760. The van der Waals surface area contributed by atoms with Crippen molar-refractivity contribution in [3.05, 3.63) is 17.7 Å². The zero-order valence-electron chi connectivity index (χ0n) is 12.4. The second kappa shape index (κ2) is 6.21. The molecule has 0 atom stereocenters. The Hall–Kier alpha value is -1.31. The smallest absolute Gasteiger partial charge is 0.240 e. The molecule has 1 aromatic rings. The van der Waals surface area contributed by atoms with Gasteiger partial charge < -0.3 is 14.6 Å². The van der Waals surface area contributed by atoms with Crippen molar-refractivity contribution in [2.45, 2.75) is 37.3 Å². The van der Waals surface area contributed by atoms with E-state index in [0.29, 0.717) is 17.2 Å². The predicted molar refractivity (Wildman–Crippen MR) is 78.0 cm³/mol. The SMILES string of the molecule is COc1cc(S(=O)(=O)NC2CC(C)C2)cc(CO)c1OC. The minimum absolute atomic E-state index is 0.0179. The number of methoxy groups -OCH3 is 2. The van der Waals surface area contributed by atoms with Crippen molar-refractivity contribution in [3.63, 3.8) is 0 Å². The van der Waals surface area contributed by atoms with Crippen molar-refractivity contribution in [3.8, 4) is 11.5 Å². The summed E-state index contributed by atoms with van der Waals surface area (Å²) in [6.07, 6.45) is 1.69. The molecule has 0 spiro atoms. The van der Waals surface area contributed by atoms with Crippen LogP contribution in [-0.2, 0) is 16.6 Å². The van der Waals surface area contributed by atoms with Gasteiger partial charge in [0.25, 0.3) is 0 Å². The van der Waals surface area contributed by atoms with E-state index in [-0.39, 0.29) is 23.3 Å². The van der Waals surface area contributed by atoms with Crippen LogP contribution >= 0.6 is 0 Å². The van der Waals surface area contributed by atoms with Gasteiger partial charge in [-0.1, -0.05) is 6.92 Å². The average Bonchev–Trinajstić information content (AvgIpc) is 2.43. The van der Waals surface area contributed by atoms with Gasteiger partial charge in [0.1, 0.15) is 0 Å². The van der Waals surface area contributed by atoms with Crippen LogP contribution in [0.3, 0.4) is 0 Å². The number of aliphatic hydroxyl groups is 1. The summed E-state index contributed by atoms with van der Waals surface area (Å²) in [5.74, 6) is 1.18. The van der Waals surface area contributed by atoms with Gasteiger partial charge >= 0.3 is 0 Å². The summed E-state index contributed by atoms with van der Waals surface area (Å²) in [5.41, 5.74) is 0.374. The quantitative estimate of drug-likeness (QED) is 0.826. The summed E-state index contributed by atoms with van der Waals surface area (Å²) in [6.45, 7) is 1.76. The molecule has 0 heterocycles. The predicted octanol–water partition coefficient (Wildman–Crippen LogP) is 1.27. The number of hydrogen-bond acceptors (Lipinski definition) is 5. The van der Waals surface area contributed by atoms with Gasteiger partial charge in [0.2, 0.25) is 10.0 Å². The molecule has 6 nitrogen and oxygen atoms in total. The molecule has 0 aromatic heterocycles. The topological polar surface area (TPSA) is 84.9 Å². The Labute approximate surface area is 125 Å². The van der Waals surface area contributed by atoms with E-state index < -0.39 is 10.0 Å². The second-order valence-electron chi connectivity index (χ2n) is 5.37. The zero-order valence-corrected chi connectivity index (χ0v) is 13.2. The second-order valence-corrected chi connectivity index (χ2v) is 7.08. The molecular weight excluding hydrogens is 294 g/mol. The first-order valence-corrected chi connectivity index (χ1v) is 8.27. The maximum absolute atomic E-state index is 12.4. The molecule has 2 rings (SSSR count). The number of benzene rings is 1. The molecular formula is C14H21NO5S. The maximum atomic E-state index is 12.4. The van der Waals surface area contributed by atoms with Gasteiger partial charge in [0.15, 0.2) is 11.5 Å². The summed E-state index contributed by atoms with van der Waals surface area (Å²) in [4.78, 5) is 0.0729. The van der Waals surface area contributed by atoms with Crippen LogP contribution in [0.4, 0.5) is 0 Å². The summed E-state index contributed by atoms with van der Waals surface area (Å²) in [6, 6.07) is 2.80. The molecule has 7 heteroatoms. The Morgan fingerprint density at radius 1 is 1.29 bits per heavy atom. The largest absolute Gasteiger partial charge is 0.493 e. The first-order valence-electron chi connectivity index (χ1n) is 6.79.